The van der Waals surface area contributed by atoms with E-state index in [-0.39, 0.29) is 17.6 Å². The topological polar surface area (TPSA) is 115 Å². The van der Waals surface area contributed by atoms with E-state index in [4.69, 9.17) is 23.9 Å². The van der Waals surface area contributed by atoms with E-state index >= 15 is 0 Å². The number of aryl methyl sites for hydroxylation is 2. The number of likely N-dealkylation sites (tertiary alicyclic amines) is 1. The number of halogens is 3. The van der Waals surface area contributed by atoms with Crippen molar-refractivity contribution in [2.24, 2.45) is 0 Å². The summed E-state index contributed by atoms with van der Waals surface area (Å²) in [5.41, 5.74) is 2.07. The molecule has 2 saturated heterocycles. The third kappa shape index (κ3) is 6.79. The molecule has 192 valence electrons. The molecule has 0 bridgehead atoms. The molecule has 1 atom stereocenters. The first-order valence-corrected chi connectivity index (χ1v) is 11.2. The fraction of sp³-hybridized carbons (Fsp3) is 0.565. The highest BCUT2D eigenvalue weighted by atomic mass is 19.4. The number of hydrogen-bond donors (Lipinski definition) is 1. The highest BCUT2D eigenvalue weighted by Gasteiger charge is 2.50. The second kappa shape index (κ2) is 11.2. The van der Waals surface area contributed by atoms with Crippen molar-refractivity contribution in [1.29, 1.82) is 0 Å². The molecular weight excluding hydrogens is 471 g/mol. The number of alkyl halides is 3. The van der Waals surface area contributed by atoms with E-state index in [1.54, 1.807) is 6.20 Å². The molecule has 12 heteroatoms. The van der Waals surface area contributed by atoms with Gasteiger partial charge in [0.05, 0.1) is 31.5 Å². The molecule has 35 heavy (non-hydrogen) atoms. The maximum Gasteiger partial charge on any atom is 0.490 e. The van der Waals surface area contributed by atoms with Gasteiger partial charge in [-0.3, -0.25) is 9.78 Å². The zero-order chi connectivity index (χ0) is 25.6. The lowest BCUT2D eigenvalue weighted by Crippen LogP contribution is -2.67. The van der Waals surface area contributed by atoms with Crippen molar-refractivity contribution < 1.29 is 41.9 Å². The first-order chi connectivity index (χ1) is 16.5. The summed E-state index contributed by atoms with van der Waals surface area (Å²) < 4.78 is 49.2. The van der Waals surface area contributed by atoms with Gasteiger partial charge in [-0.05, 0) is 31.4 Å². The van der Waals surface area contributed by atoms with Gasteiger partial charge in [-0.1, -0.05) is 18.1 Å². The molecule has 0 radical (unpaired) electrons. The van der Waals surface area contributed by atoms with Crippen LogP contribution in [0.25, 0.3) is 0 Å². The van der Waals surface area contributed by atoms with Crippen LogP contribution < -0.4 is 0 Å². The van der Waals surface area contributed by atoms with Crippen LogP contribution in [0.15, 0.2) is 29.0 Å². The molecule has 4 rings (SSSR count). The lowest BCUT2D eigenvalue weighted by atomic mass is 9.84. The van der Waals surface area contributed by atoms with Gasteiger partial charge in [-0.25, -0.2) is 4.79 Å². The number of carbonyl (C=O) groups is 2. The number of amides is 1. The molecule has 0 saturated carbocycles. The SMILES string of the molecule is CCCc1onc(C)c1C(=O)N1CC2(CC(OCc3cccnc3)CCO2)C1.O=C(O)C(F)(F)F. The quantitative estimate of drug-likeness (QED) is 0.642. The van der Waals surface area contributed by atoms with Crippen molar-refractivity contribution >= 4 is 11.9 Å². The molecular formula is C23H28F3N3O6. The van der Waals surface area contributed by atoms with Gasteiger partial charge in [0.1, 0.15) is 16.9 Å². The smallest absolute Gasteiger partial charge is 0.475 e. The van der Waals surface area contributed by atoms with Crippen LogP contribution in [0, 0.1) is 6.92 Å². The van der Waals surface area contributed by atoms with Crippen molar-refractivity contribution in [3.8, 4) is 0 Å². The minimum atomic E-state index is -5.08. The summed E-state index contributed by atoms with van der Waals surface area (Å²) in [6.45, 7) is 6.28. The zero-order valence-corrected chi connectivity index (χ0v) is 19.5. The van der Waals surface area contributed by atoms with Crippen LogP contribution in [0.3, 0.4) is 0 Å². The van der Waals surface area contributed by atoms with Gasteiger partial charge in [0.15, 0.2) is 0 Å². The Balaban J connectivity index is 0.000000429. The van der Waals surface area contributed by atoms with Crippen LogP contribution >= 0.6 is 0 Å². The average Bonchev–Trinajstić information content (AvgIpc) is 3.16. The molecule has 1 spiro atoms. The molecule has 2 aliphatic rings. The number of carboxylic acid groups (broad SMARTS) is 1. The zero-order valence-electron chi connectivity index (χ0n) is 19.5. The predicted octanol–water partition coefficient (Wildman–Crippen LogP) is 3.55. The summed E-state index contributed by atoms with van der Waals surface area (Å²) in [6, 6.07) is 3.93. The van der Waals surface area contributed by atoms with Gasteiger partial charge in [-0.2, -0.15) is 13.2 Å². The van der Waals surface area contributed by atoms with Crippen molar-refractivity contribution in [2.75, 3.05) is 19.7 Å². The summed E-state index contributed by atoms with van der Waals surface area (Å²) in [6.07, 6.45) is 1.96. The number of carbonyl (C=O) groups excluding carboxylic acids is 1. The lowest BCUT2D eigenvalue weighted by Gasteiger charge is -2.53. The molecule has 2 fully saturated rings. The Morgan fingerprint density at radius 2 is 2.06 bits per heavy atom. The van der Waals surface area contributed by atoms with Crippen LogP contribution in [0.2, 0.25) is 0 Å². The number of nitrogens with zero attached hydrogens (tertiary/aromatic N) is 3. The highest BCUT2D eigenvalue weighted by Crippen LogP contribution is 2.37. The summed E-state index contributed by atoms with van der Waals surface area (Å²) in [4.78, 5) is 27.8. The fourth-order valence-electron chi connectivity index (χ4n) is 4.08. The van der Waals surface area contributed by atoms with Crippen LogP contribution in [0.1, 0.15) is 53.6 Å². The molecule has 0 aliphatic carbocycles. The molecule has 2 aromatic heterocycles. The van der Waals surface area contributed by atoms with Gasteiger partial charge in [0.25, 0.3) is 5.91 Å². The number of pyridine rings is 1. The van der Waals surface area contributed by atoms with Crippen molar-refractivity contribution in [3.05, 3.63) is 47.1 Å². The first kappa shape index (κ1) is 26.6. The minimum absolute atomic E-state index is 0.00479. The van der Waals surface area contributed by atoms with Crippen molar-refractivity contribution in [3.63, 3.8) is 0 Å². The van der Waals surface area contributed by atoms with Gasteiger partial charge in [0, 0.05) is 31.8 Å². The summed E-state index contributed by atoms with van der Waals surface area (Å²) >= 11 is 0. The van der Waals surface area contributed by atoms with Gasteiger partial charge in [0.2, 0.25) is 0 Å². The third-order valence-electron chi connectivity index (χ3n) is 5.77. The van der Waals surface area contributed by atoms with Gasteiger partial charge < -0.3 is 24.0 Å². The van der Waals surface area contributed by atoms with Gasteiger partial charge in [-0.15, -0.1) is 0 Å². The van der Waals surface area contributed by atoms with E-state index in [0.717, 1.165) is 31.2 Å². The van der Waals surface area contributed by atoms with E-state index in [2.05, 4.69) is 17.1 Å². The largest absolute Gasteiger partial charge is 0.490 e. The van der Waals surface area contributed by atoms with Crippen LogP contribution in [-0.4, -0.2) is 69.6 Å². The maximum atomic E-state index is 13.0. The molecule has 0 aromatic carbocycles. The fourth-order valence-corrected chi connectivity index (χ4v) is 4.08. The van der Waals surface area contributed by atoms with Crippen molar-refractivity contribution in [2.45, 2.75) is 64.0 Å². The molecule has 1 amide bonds. The summed E-state index contributed by atoms with van der Waals surface area (Å²) in [5.74, 6) is -2.07. The maximum absolute atomic E-state index is 13.0. The van der Waals surface area contributed by atoms with Crippen LogP contribution in [-0.2, 0) is 27.3 Å². The molecule has 1 N–H and O–H groups in total. The number of hydrogen-bond acceptors (Lipinski definition) is 7. The third-order valence-corrected chi connectivity index (χ3v) is 5.77. The number of aliphatic carboxylic acids is 1. The predicted molar refractivity (Wildman–Crippen MR) is 116 cm³/mol. The normalized spacial score (nSPS) is 19.0. The standard InChI is InChI=1S/C21H27N3O4.C2HF3O2/c1-3-5-18-19(15(2)23-28-18)20(25)24-13-21(14-24)10-17(7-9-27-21)26-12-16-6-4-8-22-11-16;3-2(4,5)1(6)7/h4,6,8,11,17H,3,5,7,9-10,12-14H2,1-2H3;(H,6,7). The Labute approximate surface area is 200 Å². The number of rotatable bonds is 6. The summed E-state index contributed by atoms with van der Waals surface area (Å²) in [7, 11) is 0. The molecule has 9 nitrogen and oxygen atoms in total. The number of aromatic nitrogens is 2. The molecule has 2 aromatic rings. The van der Waals surface area contributed by atoms with E-state index < -0.39 is 12.1 Å². The Hall–Kier alpha value is -2.99. The second-order valence-corrected chi connectivity index (χ2v) is 8.60. The Kier molecular flexibility index (Phi) is 8.49. The highest BCUT2D eigenvalue weighted by molar-refractivity contribution is 5.96. The molecule has 4 heterocycles. The Bertz CT molecular complexity index is 1010. The minimum Gasteiger partial charge on any atom is -0.475 e. The Morgan fingerprint density at radius 1 is 1.34 bits per heavy atom. The van der Waals surface area contributed by atoms with Crippen LogP contribution in [0.4, 0.5) is 13.2 Å². The van der Waals surface area contributed by atoms with Crippen LogP contribution in [0.5, 0.6) is 0 Å². The van der Waals surface area contributed by atoms with E-state index in [1.165, 1.54) is 0 Å². The lowest BCUT2D eigenvalue weighted by molar-refractivity contribution is -0.192. The second-order valence-electron chi connectivity index (χ2n) is 8.60. The monoisotopic (exact) mass is 499 g/mol. The van der Waals surface area contributed by atoms with Crippen molar-refractivity contribution in [1.82, 2.24) is 15.0 Å². The van der Waals surface area contributed by atoms with E-state index in [9.17, 15) is 18.0 Å². The van der Waals surface area contributed by atoms with E-state index in [1.807, 2.05) is 30.2 Å². The van der Waals surface area contributed by atoms with Gasteiger partial charge >= 0.3 is 12.1 Å². The first-order valence-electron chi connectivity index (χ1n) is 11.2. The number of ether oxygens (including phenoxy) is 2. The summed E-state index contributed by atoms with van der Waals surface area (Å²) in [5, 5.41) is 11.1. The molecule has 1 unspecified atom stereocenters. The Morgan fingerprint density at radius 3 is 2.66 bits per heavy atom. The average molecular weight is 499 g/mol. The number of carboxylic acids is 1. The molecule has 2 aliphatic heterocycles. The van der Waals surface area contributed by atoms with E-state index in [0.29, 0.717) is 43.3 Å².